The van der Waals surface area contributed by atoms with Gasteiger partial charge >= 0.3 is 5.97 Å². The monoisotopic (exact) mass is 456 g/mol. The van der Waals surface area contributed by atoms with Gasteiger partial charge in [-0.15, -0.1) is 0 Å². The molecule has 0 heterocycles. The molecule has 6 nitrogen and oxygen atoms in total. The van der Waals surface area contributed by atoms with Gasteiger partial charge in [0.15, 0.2) is 0 Å². The first-order chi connectivity index (χ1) is 15.8. The van der Waals surface area contributed by atoms with E-state index in [0.717, 1.165) is 18.4 Å². The van der Waals surface area contributed by atoms with Crippen molar-refractivity contribution in [3.05, 3.63) is 71.8 Å². The van der Waals surface area contributed by atoms with Crippen LogP contribution in [0, 0.1) is 5.92 Å². The Morgan fingerprint density at radius 1 is 0.788 bits per heavy atom. The van der Waals surface area contributed by atoms with Crippen LogP contribution in [0.2, 0.25) is 0 Å². The first-order valence-electron chi connectivity index (χ1n) is 11.1. The molecular formula is C27H36O6. The fourth-order valence-corrected chi connectivity index (χ4v) is 3.57. The standard InChI is InChI=1S/C14H18O4.C13H18O2/c1-10(15)13(14(16)17)12(18-2)9-8-11-6-4-3-5-7-11;1-11(14)10-13(15-2)9-8-12-6-4-3-5-7-12/h3-7,12-13H,8-9H2,1-2H3,(H,16,17);3-7,13H,8-10H2,1-2H3. The van der Waals surface area contributed by atoms with Gasteiger partial charge in [-0.1, -0.05) is 60.7 Å². The van der Waals surface area contributed by atoms with E-state index < -0.39 is 18.0 Å². The number of carboxylic acid groups (broad SMARTS) is 1. The van der Waals surface area contributed by atoms with Crippen molar-refractivity contribution in [2.75, 3.05) is 14.2 Å². The average molecular weight is 457 g/mol. The molecular weight excluding hydrogens is 420 g/mol. The summed E-state index contributed by atoms with van der Waals surface area (Å²) >= 11 is 0. The van der Waals surface area contributed by atoms with E-state index in [1.807, 2.05) is 48.5 Å². The molecule has 0 spiro atoms. The van der Waals surface area contributed by atoms with Crippen molar-refractivity contribution in [2.24, 2.45) is 5.92 Å². The minimum atomic E-state index is -1.12. The maximum absolute atomic E-state index is 11.3. The van der Waals surface area contributed by atoms with Crippen LogP contribution in [-0.4, -0.2) is 49.1 Å². The highest BCUT2D eigenvalue weighted by molar-refractivity contribution is 5.97. The third-order valence-corrected chi connectivity index (χ3v) is 5.39. The second kappa shape index (κ2) is 15.9. The molecule has 3 atom stereocenters. The maximum Gasteiger partial charge on any atom is 0.316 e. The predicted molar refractivity (Wildman–Crippen MR) is 128 cm³/mol. The molecule has 33 heavy (non-hydrogen) atoms. The lowest BCUT2D eigenvalue weighted by atomic mass is 9.93. The lowest BCUT2D eigenvalue weighted by Crippen LogP contribution is -2.35. The van der Waals surface area contributed by atoms with Gasteiger partial charge in [-0.05, 0) is 50.7 Å². The van der Waals surface area contributed by atoms with E-state index in [9.17, 15) is 14.4 Å². The van der Waals surface area contributed by atoms with Gasteiger partial charge in [-0.25, -0.2) is 0 Å². The van der Waals surface area contributed by atoms with E-state index in [0.29, 0.717) is 19.3 Å². The van der Waals surface area contributed by atoms with E-state index in [2.05, 4.69) is 12.1 Å². The average Bonchev–Trinajstić information content (AvgIpc) is 2.80. The van der Waals surface area contributed by atoms with E-state index in [4.69, 9.17) is 14.6 Å². The molecule has 0 aliphatic rings. The zero-order valence-corrected chi connectivity index (χ0v) is 20.0. The van der Waals surface area contributed by atoms with Gasteiger partial charge in [0.2, 0.25) is 0 Å². The van der Waals surface area contributed by atoms with Gasteiger partial charge in [0.1, 0.15) is 17.5 Å². The largest absolute Gasteiger partial charge is 0.481 e. The first-order valence-corrected chi connectivity index (χ1v) is 11.1. The van der Waals surface area contributed by atoms with Crippen LogP contribution in [0.4, 0.5) is 0 Å². The van der Waals surface area contributed by atoms with Crippen molar-refractivity contribution < 1.29 is 29.0 Å². The summed E-state index contributed by atoms with van der Waals surface area (Å²) in [4.78, 5) is 33.3. The Labute approximate surface area is 196 Å². The molecule has 0 radical (unpaired) electrons. The molecule has 0 aliphatic carbocycles. The predicted octanol–water partition coefficient (Wildman–Crippen LogP) is 4.54. The Bertz CT molecular complexity index is 820. The van der Waals surface area contributed by atoms with Crippen LogP contribution in [0.25, 0.3) is 0 Å². The number of hydrogen-bond acceptors (Lipinski definition) is 5. The number of carboxylic acids is 1. The number of hydrogen-bond donors (Lipinski definition) is 1. The van der Waals surface area contributed by atoms with Crippen LogP contribution < -0.4 is 0 Å². The zero-order valence-electron chi connectivity index (χ0n) is 20.0. The summed E-state index contributed by atoms with van der Waals surface area (Å²) < 4.78 is 10.4. The molecule has 0 fully saturated rings. The molecule has 2 aromatic carbocycles. The summed E-state index contributed by atoms with van der Waals surface area (Å²) in [5.41, 5.74) is 2.40. The van der Waals surface area contributed by atoms with E-state index in [-0.39, 0.29) is 17.7 Å². The van der Waals surface area contributed by atoms with Gasteiger partial charge in [0.25, 0.3) is 0 Å². The van der Waals surface area contributed by atoms with E-state index in [1.165, 1.54) is 19.6 Å². The Hall–Kier alpha value is -2.83. The molecule has 0 saturated heterocycles. The second-order valence-electron chi connectivity index (χ2n) is 8.01. The number of rotatable bonds is 13. The molecule has 180 valence electrons. The fraction of sp³-hybridized carbons (Fsp3) is 0.444. The lowest BCUT2D eigenvalue weighted by Gasteiger charge is -2.20. The second-order valence-corrected chi connectivity index (χ2v) is 8.01. The summed E-state index contributed by atoms with van der Waals surface area (Å²) in [6.45, 7) is 2.89. The molecule has 2 rings (SSSR count). The van der Waals surface area contributed by atoms with Gasteiger partial charge in [0, 0.05) is 20.6 Å². The molecule has 2 aromatic rings. The number of aliphatic carboxylic acids is 1. The van der Waals surface area contributed by atoms with E-state index >= 15 is 0 Å². The van der Waals surface area contributed by atoms with Crippen molar-refractivity contribution in [2.45, 2.75) is 58.2 Å². The van der Waals surface area contributed by atoms with Crippen LogP contribution in [0.3, 0.4) is 0 Å². The molecule has 0 aromatic heterocycles. The van der Waals surface area contributed by atoms with E-state index in [1.54, 1.807) is 14.0 Å². The number of ketones is 2. The highest BCUT2D eigenvalue weighted by atomic mass is 16.5. The van der Waals surface area contributed by atoms with Crippen molar-refractivity contribution >= 4 is 17.5 Å². The van der Waals surface area contributed by atoms with Crippen LogP contribution in [0.15, 0.2) is 60.7 Å². The molecule has 0 saturated carbocycles. The van der Waals surface area contributed by atoms with Gasteiger partial charge in [-0.2, -0.15) is 0 Å². The number of Topliss-reactive ketones (excluding diaryl/α,β-unsaturated/α-hetero) is 2. The Kier molecular flexibility index (Phi) is 13.6. The number of ether oxygens (including phenoxy) is 2. The first kappa shape index (κ1) is 28.2. The van der Waals surface area contributed by atoms with Crippen LogP contribution in [-0.2, 0) is 36.7 Å². The zero-order chi connectivity index (χ0) is 24.6. The number of methoxy groups -OCH3 is 2. The van der Waals surface area contributed by atoms with Gasteiger partial charge < -0.3 is 14.6 Å². The molecule has 3 unspecified atom stereocenters. The summed E-state index contributed by atoms with van der Waals surface area (Å²) in [6.07, 6.45) is 3.06. The molecule has 0 bridgehead atoms. The van der Waals surface area contributed by atoms with Crippen molar-refractivity contribution in [3.8, 4) is 0 Å². The Morgan fingerprint density at radius 2 is 1.27 bits per heavy atom. The smallest absolute Gasteiger partial charge is 0.316 e. The lowest BCUT2D eigenvalue weighted by molar-refractivity contribution is -0.151. The molecule has 6 heteroatoms. The molecule has 1 N–H and O–H groups in total. The quantitative estimate of drug-likeness (QED) is 0.445. The summed E-state index contributed by atoms with van der Waals surface area (Å²) in [6, 6.07) is 20.0. The SMILES string of the molecule is COC(CCc1ccccc1)C(C(C)=O)C(=O)O.COC(CCc1ccccc1)CC(C)=O. The number of carbonyl (C=O) groups is 3. The normalized spacial score (nSPS) is 13.2. The Balaban J connectivity index is 0.000000335. The summed E-state index contributed by atoms with van der Waals surface area (Å²) in [5, 5.41) is 9.04. The van der Waals surface area contributed by atoms with Gasteiger partial charge in [0.05, 0.1) is 12.2 Å². The molecule has 0 aliphatic heterocycles. The molecule has 0 amide bonds. The summed E-state index contributed by atoms with van der Waals surface area (Å²) in [5.74, 6) is -2.39. The van der Waals surface area contributed by atoms with Crippen molar-refractivity contribution in [3.63, 3.8) is 0 Å². The fourth-order valence-electron chi connectivity index (χ4n) is 3.57. The Morgan fingerprint density at radius 3 is 1.64 bits per heavy atom. The maximum atomic E-state index is 11.3. The third-order valence-electron chi connectivity index (χ3n) is 5.39. The van der Waals surface area contributed by atoms with Gasteiger partial charge in [-0.3, -0.25) is 14.4 Å². The highest BCUT2D eigenvalue weighted by Gasteiger charge is 2.32. The number of benzene rings is 2. The highest BCUT2D eigenvalue weighted by Crippen LogP contribution is 2.16. The topological polar surface area (TPSA) is 89.9 Å². The van der Waals surface area contributed by atoms with Crippen molar-refractivity contribution in [1.29, 1.82) is 0 Å². The number of aryl methyl sites for hydroxylation is 2. The minimum Gasteiger partial charge on any atom is -0.481 e. The summed E-state index contributed by atoms with van der Waals surface area (Å²) in [7, 11) is 3.10. The van der Waals surface area contributed by atoms with Crippen LogP contribution in [0.5, 0.6) is 0 Å². The third kappa shape index (κ3) is 11.6. The number of carbonyl (C=O) groups excluding carboxylic acids is 2. The van der Waals surface area contributed by atoms with Crippen LogP contribution >= 0.6 is 0 Å². The van der Waals surface area contributed by atoms with Crippen molar-refractivity contribution in [1.82, 2.24) is 0 Å². The minimum absolute atomic E-state index is 0.0581. The van der Waals surface area contributed by atoms with Crippen LogP contribution in [0.1, 0.15) is 44.2 Å².